The Labute approximate surface area is 142 Å². The average molecular weight is 334 g/mol. The molecule has 0 spiro atoms. The van der Waals surface area contributed by atoms with E-state index in [1.807, 2.05) is 0 Å². The summed E-state index contributed by atoms with van der Waals surface area (Å²) in [5.41, 5.74) is 0.265. The van der Waals surface area contributed by atoms with E-state index in [2.05, 4.69) is 32.9 Å². The van der Waals surface area contributed by atoms with Gasteiger partial charge in [-0.05, 0) is 30.1 Å². The Hall–Kier alpha value is -1.85. The third-order valence-corrected chi connectivity index (χ3v) is 5.52. The summed E-state index contributed by atoms with van der Waals surface area (Å²) in [4.78, 5) is 26.8. The molecule has 0 N–H and O–H groups in total. The van der Waals surface area contributed by atoms with Gasteiger partial charge in [0.2, 0.25) is 5.76 Å². The molecule has 24 heavy (non-hydrogen) atoms. The molecular formula is C18H26N2O4. The molecule has 1 aromatic rings. The highest BCUT2D eigenvalue weighted by atomic mass is 16.5. The van der Waals surface area contributed by atoms with E-state index in [0.29, 0.717) is 19.0 Å². The minimum atomic E-state index is -0.561. The fraction of sp³-hybridized carbons (Fsp3) is 0.722. The molecule has 1 aliphatic carbocycles. The highest BCUT2D eigenvalue weighted by Crippen LogP contribution is 2.63. The normalized spacial score (nSPS) is 27.8. The molecule has 6 heteroatoms. The zero-order valence-electron chi connectivity index (χ0n) is 15.1. The maximum absolute atomic E-state index is 12.8. The van der Waals surface area contributed by atoms with Gasteiger partial charge < -0.3 is 14.2 Å². The van der Waals surface area contributed by atoms with Crippen molar-refractivity contribution in [2.24, 2.45) is 22.7 Å². The monoisotopic (exact) mass is 334 g/mol. The first-order valence-corrected chi connectivity index (χ1v) is 8.53. The van der Waals surface area contributed by atoms with Crippen molar-refractivity contribution in [3.63, 3.8) is 0 Å². The summed E-state index contributed by atoms with van der Waals surface area (Å²) >= 11 is 0. The molecule has 3 rings (SSSR count). The quantitative estimate of drug-likeness (QED) is 0.791. The van der Waals surface area contributed by atoms with E-state index >= 15 is 0 Å². The van der Waals surface area contributed by atoms with Crippen LogP contribution in [0, 0.1) is 22.7 Å². The second-order valence-corrected chi connectivity index (χ2v) is 8.33. The van der Waals surface area contributed by atoms with E-state index in [1.165, 1.54) is 7.11 Å². The van der Waals surface area contributed by atoms with Gasteiger partial charge in [0.25, 0.3) is 5.91 Å². The third kappa shape index (κ3) is 2.52. The molecular weight excluding hydrogens is 308 g/mol. The van der Waals surface area contributed by atoms with Gasteiger partial charge in [0, 0.05) is 19.2 Å². The smallest absolute Gasteiger partial charge is 0.314 e. The summed E-state index contributed by atoms with van der Waals surface area (Å²) in [6, 6.07) is 1.72. The van der Waals surface area contributed by atoms with Crippen LogP contribution in [0.15, 0.2) is 10.6 Å². The number of hydrogen-bond acceptors (Lipinski definition) is 5. The molecule has 1 saturated heterocycles. The van der Waals surface area contributed by atoms with Gasteiger partial charge in [-0.3, -0.25) is 9.59 Å². The summed E-state index contributed by atoms with van der Waals surface area (Å²) in [5.74, 6) is 0.430. The molecule has 1 aromatic heterocycles. The predicted octanol–water partition coefficient (Wildman–Crippen LogP) is 2.53. The van der Waals surface area contributed by atoms with E-state index in [-0.39, 0.29) is 29.0 Å². The lowest BCUT2D eigenvalue weighted by atomic mass is 9.48. The molecule has 0 bridgehead atoms. The Balaban J connectivity index is 1.78. The maximum atomic E-state index is 12.8. The number of hydrogen-bond donors (Lipinski definition) is 0. The van der Waals surface area contributed by atoms with Crippen molar-refractivity contribution in [1.29, 1.82) is 0 Å². The largest absolute Gasteiger partial charge is 0.469 e. The van der Waals surface area contributed by atoms with E-state index in [9.17, 15) is 9.59 Å². The van der Waals surface area contributed by atoms with Crippen LogP contribution in [0.2, 0.25) is 0 Å². The molecule has 2 atom stereocenters. The molecule has 0 aromatic carbocycles. The number of rotatable bonds is 4. The molecule has 0 unspecified atom stereocenters. The summed E-state index contributed by atoms with van der Waals surface area (Å²) in [6.45, 7) is 9.42. The minimum Gasteiger partial charge on any atom is -0.469 e. The number of esters is 1. The van der Waals surface area contributed by atoms with Crippen LogP contribution in [0.3, 0.4) is 0 Å². The van der Waals surface area contributed by atoms with Crippen LogP contribution in [-0.4, -0.2) is 42.1 Å². The van der Waals surface area contributed by atoms with Gasteiger partial charge in [0.15, 0.2) is 0 Å². The van der Waals surface area contributed by atoms with E-state index in [1.54, 1.807) is 11.0 Å². The molecule has 1 saturated carbocycles. The number of ether oxygens (including phenoxy) is 1. The Morgan fingerprint density at radius 3 is 2.75 bits per heavy atom. The van der Waals surface area contributed by atoms with Crippen molar-refractivity contribution in [2.45, 2.75) is 40.5 Å². The van der Waals surface area contributed by atoms with Crippen LogP contribution in [0.5, 0.6) is 0 Å². The summed E-state index contributed by atoms with van der Waals surface area (Å²) < 4.78 is 10.3. The summed E-state index contributed by atoms with van der Waals surface area (Å²) in [7, 11) is 1.42. The number of fused-ring (bicyclic) bond motifs is 1. The Kier molecular flexibility index (Phi) is 3.97. The fourth-order valence-electron chi connectivity index (χ4n) is 4.61. The third-order valence-electron chi connectivity index (χ3n) is 5.52. The van der Waals surface area contributed by atoms with Gasteiger partial charge >= 0.3 is 5.97 Å². The number of nitrogens with zero attached hydrogens (tertiary/aromatic N) is 2. The van der Waals surface area contributed by atoms with Crippen molar-refractivity contribution in [2.75, 3.05) is 20.2 Å². The number of likely N-dealkylation sites (tertiary alicyclic amines) is 1. The maximum Gasteiger partial charge on any atom is 0.314 e. The highest BCUT2D eigenvalue weighted by molar-refractivity contribution is 5.93. The van der Waals surface area contributed by atoms with Gasteiger partial charge in [-0.25, -0.2) is 0 Å². The molecule has 2 heterocycles. The Bertz CT molecular complexity index is 664. The zero-order valence-corrected chi connectivity index (χ0v) is 15.1. The topological polar surface area (TPSA) is 72.6 Å². The molecule has 1 amide bonds. The lowest BCUT2D eigenvalue weighted by Gasteiger charge is -2.54. The molecule has 2 aliphatic rings. The van der Waals surface area contributed by atoms with E-state index in [4.69, 9.17) is 9.26 Å². The van der Waals surface area contributed by atoms with Crippen LogP contribution >= 0.6 is 0 Å². The van der Waals surface area contributed by atoms with Gasteiger partial charge in [-0.1, -0.05) is 32.9 Å². The van der Waals surface area contributed by atoms with Crippen LogP contribution in [0.1, 0.15) is 50.4 Å². The minimum absolute atomic E-state index is 0.0352. The Morgan fingerprint density at radius 2 is 2.17 bits per heavy atom. The molecule has 2 fully saturated rings. The number of aromatic nitrogens is 1. The van der Waals surface area contributed by atoms with Crippen molar-refractivity contribution >= 4 is 11.9 Å². The molecule has 6 nitrogen and oxygen atoms in total. The number of amides is 1. The standard InChI is InChI=1S/C18H26N2O4/c1-11(2)6-12-7-13(24-19-12)15(21)20-8-14-17(3,4)9-18(14,10-20)16(22)23-5/h7,11,14H,6,8-10H2,1-5H3/t14-,18+/m1/s1. The van der Waals surface area contributed by atoms with Crippen LogP contribution < -0.4 is 0 Å². The predicted molar refractivity (Wildman–Crippen MR) is 87.3 cm³/mol. The van der Waals surface area contributed by atoms with Crippen molar-refractivity contribution in [3.8, 4) is 0 Å². The number of methoxy groups -OCH3 is 1. The molecule has 1 aliphatic heterocycles. The first kappa shape index (κ1) is 17.0. The van der Waals surface area contributed by atoms with Crippen LogP contribution in [-0.2, 0) is 16.0 Å². The lowest BCUT2D eigenvalue weighted by molar-refractivity contribution is -0.174. The van der Waals surface area contributed by atoms with Gasteiger partial charge in [0.1, 0.15) is 0 Å². The van der Waals surface area contributed by atoms with Crippen LogP contribution in [0.4, 0.5) is 0 Å². The summed E-state index contributed by atoms with van der Waals surface area (Å²) in [6.07, 6.45) is 1.52. The first-order valence-electron chi connectivity index (χ1n) is 8.53. The van der Waals surface area contributed by atoms with E-state index < -0.39 is 5.41 Å². The Morgan fingerprint density at radius 1 is 1.46 bits per heavy atom. The molecule has 132 valence electrons. The van der Waals surface area contributed by atoms with Crippen molar-refractivity contribution in [1.82, 2.24) is 10.1 Å². The van der Waals surface area contributed by atoms with Crippen LogP contribution in [0.25, 0.3) is 0 Å². The zero-order chi connectivity index (χ0) is 17.7. The second kappa shape index (κ2) is 5.60. The summed E-state index contributed by atoms with van der Waals surface area (Å²) in [5, 5.41) is 3.99. The first-order chi connectivity index (χ1) is 11.2. The average Bonchev–Trinajstić information content (AvgIpc) is 3.08. The number of carbonyl (C=O) groups excluding carboxylic acids is 2. The second-order valence-electron chi connectivity index (χ2n) is 8.33. The number of carbonyl (C=O) groups is 2. The lowest BCUT2D eigenvalue weighted by Crippen LogP contribution is -2.57. The van der Waals surface area contributed by atoms with Crippen molar-refractivity contribution < 1.29 is 18.8 Å². The highest BCUT2D eigenvalue weighted by Gasteiger charge is 2.68. The van der Waals surface area contributed by atoms with Gasteiger partial charge in [-0.15, -0.1) is 0 Å². The van der Waals surface area contributed by atoms with Gasteiger partial charge in [-0.2, -0.15) is 0 Å². The van der Waals surface area contributed by atoms with E-state index in [0.717, 1.165) is 18.5 Å². The fourth-order valence-corrected chi connectivity index (χ4v) is 4.61. The molecule has 0 radical (unpaired) electrons. The van der Waals surface area contributed by atoms with Gasteiger partial charge in [0.05, 0.1) is 18.2 Å². The van der Waals surface area contributed by atoms with Crippen molar-refractivity contribution in [3.05, 3.63) is 17.5 Å². The SMILES string of the molecule is COC(=O)[C@@]12CN(C(=O)c3cc(CC(C)C)no3)C[C@@H]1C(C)(C)C2.